The first-order valence-electron chi connectivity index (χ1n) is 5.49. The third-order valence-electron chi connectivity index (χ3n) is 4.17. The molecule has 86 valence electrons. The molecule has 0 saturated heterocycles. The summed E-state index contributed by atoms with van der Waals surface area (Å²) in [5.74, 6) is -0.330. The van der Waals surface area contributed by atoms with Crippen LogP contribution in [0.1, 0.15) is 27.2 Å². The van der Waals surface area contributed by atoms with Crippen molar-refractivity contribution < 1.29 is 4.79 Å². The van der Waals surface area contributed by atoms with Crippen LogP contribution in [0.2, 0.25) is 18.1 Å². The number of hydrogen-bond donors (Lipinski definition) is 0. The van der Waals surface area contributed by atoms with E-state index >= 15 is 0 Å². The maximum absolute atomic E-state index is 12.4. The van der Waals surface area contributed by atoms with Gasteiger partial charge in [-0.15, -0.1) is 0 Å². The topological polar surface area (TPSA) is 64.7 Å². The summed E-state index contributed by atoms with van der Waals surface area (Å²) >= 11 is 0. The van der Waals surface area contributed by atoms with Crippen LogP contribution in [-0.2, 0) is 4.79 Å². The van der Waals surface area contributed by atoms with Gasteiger partial charge in [0.2, 0.25) is 0 Å². The van der Waals surface area contributed by atoms with Crippen LogP contribution >= 0.6 is 0 Å². The molecule has 0 aliphatic heterocycles. The van der Waals surface area contributed by atoms with Crippen LogP contribution in [0.4, 0.5) is 0 Å². The van der Waals surface area contributed by atoms with Gasteiger partial charge in [0.25, 0.3) is 0 Å². The third-order valence-corrected chi connectivity index (χ3v) is 9.50. The summed E-state index contributed by atoms with van der Waals surface area (Å²) in [5, 5.41) is 18.0. The van der Waals surface area contributed by atoms with Gasteiger partial charge >= 0.3 is 0 Å². The van der Waals surface area contributed by atoms with Crippen LogP contribution in [0.3, 0.4) is 0 Å². The zero-order valence-electron chi connectivity index (χ0n) is 10.6. The molecule has 1 rings (SSSR count). The van der Waals surface area contributed by atoms with E-state index in [0.717, 1.165) is 0 Å². The molecule has 0 aromatic rings. The van der Waals surface area contributed by atoms with Gasteiger partial charge in [0, 0.05) is 5.92 Å². The van der Waals surface area contributed by atoms with Crippen molar-refractivity contribution in [1.29, 1.82) is 10.5 Å². The van der Waals surface area contributed by atoms with Crippen molar-refractivity contribution in [3.63, 3.8) is 0 Å². The molecule has 3 nitrogen and oxygen atoms in total. The summed E-state index contributed by atoms with van der Waals surface area (Å²) in [7, 11) is -2.07. The summed E-state index contributed by atoms with van der Waals surface area (Å²) in [4.78, 5) is 12.4. The van der Waals surface area contributed by atoms with E-state index in [2.05, 4.69) is 20.8 Å². The van der Waals surface area contributed by atoms with Crippen LogP contribution in [0.15, 0.2) is 0 Å². The van der Waals surface area contributed by atoms with Gasteiger partial charge < -0.3 is 4.79 Å². The molecule has 1 saturated carbocycles. The normalized spacial score (nSPS) is 23.1. The van der Waals surface area contributed by atoms with Crippen LogP contribution in [-0.4, -0.2) is 13.5 Å². The van der Waals surface area contributed by atoms with E-state index in [1.807, 2.05) is 25.2 Å². The van der Waals surface area contributed by atoms with Gasteiger partial charge in [0.15, 0.2) is 5.41 Å². The minimum atomic E-state index is -2.07. The molecule has 0 amide bonds. The lowest BCUT2D eigenvalue weighted by atomic mass is 10.1. The Morgan fingerprint density at radius 1 is 1.31 bits per heavy atom. The van der Waals surface area contributed by atoms with Crippen molar-refractivity contribution in [2.45, 2.75) is 45.3 Å². The van der Waals surface area contributed by atoms with Crippen molar-refractivity contribution in [2.75, 3.05) is 0 Å². The molecule has 1 atom stereocenters. The lowest BCUT2D eigenvalue weighted by molar-refractivity contribution is -0.114. The maximum atomic E-state index is 12.4. The molecule has 0 bridgehead atoms. The Balaban J connectivity index is 2.94. The Labute approximate surface area is 98.1 Å². The highest BCUT2D eigenvalue weighted by atomic mass is 28.3. The summed E-state index contributed by atoms with van der Waals surface area (Å²) in [6, 6.07) is 3.99. The molecule has 1 unspecified atom stereocenters. The van der Waals surface area contributed by atoms with Gasteiger partial charge in [-0.05, 0) is 11.5 Å². The quantitative estimate of drug-likeness (QED) is 0.690. The molecular weight excluding hydrogens is 216 g/mol. The molecule has 0 heterocycles. The molecule has 0 spiro atoms. The number of rotatable bonds is 2. The second-order valence-electron chi connectivity index (χ2n) is 6.19. The van der Waals surface area contributed by atoms with Crippen molar-refractivity contribution >= 4 is 13.5 Å². The molecule has 0 aromatic heterocycles. The number of hydrogen-bond acceptors (Lipinski definition) is 3. The Bertz CT molecular complexity index is 392. The third kappa shape index (κ3) is 1.68. The fourth-order valence-electron chi connectivity index (χ4n) is 1.66. The summed E-state index contributed by atoms with van der Waals surface area (Å²) in [6.07, 6.45) is 0.436. The van der Waals surface area contributed by atoms with E-state index in [-0.39, 0.29) is 16.4 Å². The lowest BCUT2D eigenvalue weighted by Crippen LogP contribution is -2.47. The van der Waals surface area contributed by atoms with E-state index in [0.29, 0.717) is 6.42 Å². The van der Waals surface area contributed by atoms with E-state index < -0.39 is 13.5 Å². The van der Waals surface area contributed by atoms with Gasteiger partial charge in [-0.25, -0.2) is 0 Å². The second kappa shape index (κ2) is 3.43. The molecular formula is C12H18N2OSi. The van der Waals surface area contributed by atoms with Crippen molar-refractivity contribution in [2.24, 2.45) is 11.3 Å². The van der Waals surface area contributed by atoms with E-state index in [9.17, 15) is 4.79 Å². The van der Waals surface area contributed by atoms with Crippen LogP contribution in [0.5, 0.6) is 0 Å². The molecule has 0 aromatic carbocycles. The molecule has 1 aliphatic carbocycles. The summed E-state index contributed by atoms with van der Waals surface area (Å²) in [6.45, 7) is 10.3. The fraction of sp³-hybridized carbons (Fsp3) is 0.750. The van der Waals surface area contributed by atoms with E-state index in [1.54, 1.807) is 0 Å². The zero-order valence-corrected chi connectivity index (χ0v) is 11.6. The Hall–Kier alpha value is -1.13. The highest BCUT2D eigenvalue weighted by molar-refractivity contribution is 7.06. The van der Waals surface area contributed by atoms with Gasteiger partial charge in [0.1, 0.15) is 13.5 Å². The fourth-order valence-corrected chi connectivity index (χ4v) is 3.62. The van der Waals surface area contributed by atoms with Crippen LogP contribution < -0.4 is 0 Å². The lowest BCUT2D eigenvalue weighted by Gasteiger charge is -2.35. The summed E-state index contributed by atoms with van der Waals surface area (Å²) in [5.41, 5.74) is -1.01. The molecule has 0 N–H and O–H groups in total. The molecule has 16 heavy (non-hydrogen) atoms. The molecule has 4 heteroatoms. The molecule has 0 radical (unpaired) electrons. The predicted octanol–water partition coefficient (Wildman–Crippen LogP) is 2.66. The van der Waals surface area contributed by atoms with Crippen molar-refractivity contribution in [1.82, 2.24) is 0 Å². The maximum Gasteiger partial charge on any atom is 0.153 e. The molecule has 1 aliphatic rings. The van der Waals surface area contributed by atoms with Crippen LogP contribution in [0.25, 0.3) is 0 Å². The van der Waals surface area contributed by atoms with Crippen LogP contribution in [0, 0.1) is 34.0 Å². The number of nitriles is 2. The second-order valence-corrected chi connectivity index (χ2v) is 11.4. The van der Waals surface area contributed by atoms with Crippen molar-refractivity contribution in [3.8, 4) is 12.1 Å². The minimum absolute atomic E-state index is 0.0245. The zero-order chi connectivity index (χ0) is 12.8. The number of nitrogens with zero attached hydrogens (tertiary/aromatic N) is 2. The summed E-state index contributed by atoms with van der Waals surface area (Å²) < 4.78 is 0. The monoisotopic (exact) mass is 234 g/mol. The first kappa shape index (κ1) is 12.9. The predicted molar refractivity (Wildman–Crippen MR) is 64.0 cm³/mol. The average molecular weight is 234 g/mol. The number of carbonyl (C=O) groups is 1. The average Bonchev–Trinajstić information content (AvgIpc) is 2.90. The van der Waals surface area contributed by atoms with Gasteiger partial charge in [-0.3, -0.25) is 0 Å². The highest BCUT2D eigenvalue weighted by Crippen LogP contribution is 2.55. The SMILES string of the molecule is CC(C)(C)[Si](C)(C)C(=O)C1CC1(C#N)C#N. The Morgan fingerprint density at radius 2 is 1.75 bits per heavy atom. The first-order chi connectivity index (χ1) is 7.12. The van der Waals surface area contributed by atoms with Gasteiger partial charge in [-0.1, -0.05) is 33.9 Å². The van der Waals surface area contributed by atoms with E-state index in [1.165, 1.54) is 0 Å². The molecule has 1 fully saturated rings. The first-order valence-corrected chi connectivity index (χ1v) is 8.49. The Morgan fingerprint density at radius 3 is 2.00 bits per heavy atom. The standard InChI is InChI=1S/C12H18N2OSi/c1-11(2,3)16(4,5)10(15)9-6-12(9,7-13)8-14/h9H,6H2,1-5H3. The van der Waals surface area contributed by atoms with Gasteiger partial charge in [-0.2, -0.15) is 10.5 Å². The largest absolute Gasteiger partial charge is 0.305 e. The highest BCUT2D eigenvalue weighted by Gasteiger charge is 2.63. The van der Waals surface area contributed by atoms with Crippen molar-refractivity contribution in [3.05, 3.63) is 0 Å². The van der Waals surface area contributed by atoms with Gasteiger partial charge in [0.05, 0.1) is 12.1 Å². The van der Waals surface area contributed by atoms with E-state index in [4.69, 9.17) is 10.5 Å². The Kier molecular flexibility index (Phi) is 2.77. The minimum Gasteiger partial charge on any atom is -0.305 e. The smallest absolute Gasteiger partial charge is 0.153 e. The number of carbonyl (C=O) groups excluding carboxylic acids is 1.